The Bertz CT molecular complexity index is 473. The summed E-state index contributed by atoms with van der Waals surface area (Å²) in [6.45, 7) is 0. The van der Waals surface area contributed by atoms with E-state index in [0.29, 0.717) is 6.42 Å². The molecule has 2 heteroatoms. The summed E-state index contributed by atoms with van der Waals surface area (Å²) in [5, 5.41) is 2.42. The minimum Gasteiger partial charge on any atom is -0.369 e. The van der Waals surface area contributed by atoms with Crippen LogP contribution in [0.25, 0.3) is 11.6 Å². The minimum atomic E-state index is -0.239. The van der Waals surface area contributed by atoms with Gasteiger partial charge in [0.15, 0.2) is 0 Å². The molecule has 0 unspecified atom stereocenters. The predicted molar refractivity (Wildman–Crippen MR) is 56.6 cm³/mol. The SMILES string of the molecule is NC(=O)CC1=c2ccccc2=CCC1. The number of amides is 1. The summed E-state index contributed by atoms with van der Waals surface area (Å²) in [5.74, 6) is -0.239. The molecular formula is C12H13NO. The second kappa shape index (κ2) is 3.66. The van der Waals surface area contributed by atoms with Gasteiger partial charge in [-0.25, -0.2) is 0 Å². The lowest BCUT2D eigenvalue weighted by molar-refractivity contribution is -0.117. The van der Waals surface area contributed by atoms with Crippen LogP contribution in [-0.2, 0) is 4.79 Å². The number of carbonyl (C=O) groups is 1. The van der Waals surface area contributed by atoms with Gasteiger partial charge in [0.1, 0.15) is 0 Å². The summed E-state index contributed by atoms with van der Waals surface area (Å²) < 4.78 is 0. The lowest BCUT2D eigenvalue weighted by atomic mass is 9.97. The van der Waals surface area contributed by atoms with Crippen molar-refractivity contribution in [3.8, 4) is 0 Å². The molecule has 0 heterocycles. The van der Waals surface area contributed by atoms with Crippen LogP contribution in [0.5, 0.6) is 0 Å². The highest BCUT2D eigenvalue weighted by molar-refractivity contribution is 5.83. The first kappa shape index (κ1) is 9.00. The molecule has 1 aliphatic rings. The van der Waals surface area contributed by atoms with Gasteiger partial charge in [0.05, 0.1) is 0 Å². The van der Waals surface area contributed by atoms with Gasteiger partial charge in [-0.05, 0) is 23.3 Å². The molecule has 0 saturated carbocycles. The van der Waals surface area contributed by atoms with Crippen LogP contribution < -0.4 is 16.2 Å². The third kappa shape index (κ3) is 1.69. The van der Waals surface area contributed by atoms with E-state index in [4.69, 9.17) is 5.73 Å². The number of rotatable bonds is 2. The molecule has 2 nitrogen and oxygen atoms in total. The zero-order chi connectivity index (χ0) is 9.97. The van der Waals surface area contributed by atoms with Crippen LogP contribution >= 0.6 is 0 Å². The first-order valence-electron chi connectivity index (χ1n) is 4.83. The van der Waals surface area contributed by atoms with Crippen LogP contribution in [0.3, 0.4) is 0 Å². The van der Waals surface area contributed by atoms with E-state index < -0.39 is 0 Å². The molecule has 0 aliphatic heterocycles. The van der Waals surface area contributed by atoms with E-state index in [1.54, 1.807) is 0 Å². The number of nitrogens with two attached hydrogens (primary N) is 1. The van der Waals surface area contributed by atoms with E-state index in [2.05, 4.69) is 18.2 Å². The molecule has 1 amide bonds. The highest BCUT2D eigenvalue weighted by Crippen LogP contribution is 2.11. The highest BCUT2D eigenvalue weighted by atomic mass is 16.1. The van der Waals surface area contributed by atoms with Crippen LogP contribution in [-0.4, -0.2) is 5.91 Å². The van der Waals surface area contributed by atoms with Crippen molar-refractivity contribution in [1.82, 2.24) is 0 Å². The molecule has 0 radical (unpaired) electrons. The smallest absolute Gasteiger partial charge is 0.221 e. The Morgan fingerprint density at radius 1 is 1.36 bits per heavy atom. The molecule has 1 aromatic rings. The summed E-state index contributed by atoms with van der Waals surface area (Å²) in [6.07, 6.45) is 4.57. The summed E-state index contributed by atoms with van der Waals surface area (Å²) in [6, 6.07) is 8.15. The Morgan fingerprint density at radius 3 is 2.93 bits per heavy atom. The number of benzene rings is 1. The van der Waals surface area contributed by atoms with Gasteiger partial charge >= 0.3 is 0 Å². The molecule has 2 N–H and O–H groups in total. The maximum Gasteiger partial charge on any atom is 0.221 e. The van der Waals surface area contributed by atoms with E-state index in [1.165, 1.54) is 16.0 Å². The zero-order valence-corrected chi connectivity index (χ0v) is 7.99. The molecule has 0 saturated heterocycles. The number of hydrogen-bond acceptors (Lipinski definition) is 1. The Balaban J connectivity index is 2.59. The largest absolute Gasteiger partial charge is 0.369 e. The van der Waals surface area contributed by atoms with Gasteiger partial charge in [-0.1, -0.05) is 35.9 Å². The van der Waals surface area contributed by atoms with Gasteiger partial charge < -0.3 is 5.73 Å². The maximum atomic E-state index is 10.9. The third-order valence-electron chi connectivity index (χ3n) is 2.54. The predicted octanol–water partition coefficient (Wildman–Crippen LogP) is 0.287. The van der Waals surface area contributed by atoms with Crippen molar-refractivity contribution in [2.45, 2.75) is 19.3 Å². The quantitative estimate of drug-likeness (QED) is 0.710. The molecule has 0 bridgehead atoms. The van der Waals surface area contributed by atoms with Crippen molar-refractivity contribution in [3.05, 3.63) is 34.7 Å². The lowest BCUT2D eigenvalue weighted by Gasteiger charge is -2.08. The fourth-order valence-electron chi connectivity index (χ4n) is 1.93. The minimum absolute atomic E-state index is 0.239. The van der Waals surface area contributed by atoms with E-state index in [9.17, 15) is 4.79 Å². The van der Waals surface area contributed by atoms with Gasteiger partial charge in [0, 0.05) is 6.42 Å². The van der Waals surface area contributed by atoms with Crippen LogP contribution in [0.1, 0.15) is 19.3 Å². The Labute approximate surface area is 82.7 Å². The zero-order valence-electron chi connectivity index (χ0n) is 7.99. The van der Waals surface area contributed by atoms with Crippen LogP contribution in [0.4, 0.5) is 0 Å². The molecule has 14 heavy (non-hydrogen) atoms. The molecule has 0 atom stereocenters. The maximum absolute atomic E-state index is 10.9. The van der Waals surface area contributed by atoms with Crippen LogP contribution in [0.15, 0.2) is 24.3 Å². The molecule has 72 valence electrons. The number of fused-ring (bicyclic) bond motifs is 1. The number of carbonyl (C=O) groups excluding carboxylic acids is 1. The fourth-order valence-corrected chi connectivity index (χ4v) is 1.93. The second-order valence-corrected chi connectivity index (χ2v) is 3.58. The molecule has 2 rings (SSSR count). The standard InChI is InChI=1S/C12H13NO/c13-12(14)8-10-6-3-5-9-4-1-2-7-11(9)10/h1-2,4-5,7H,3,6,8H2,(H2,13,14). The Kier molecular flexibility index (Phi) is 2.35. The third-order valence-corrected chi connectivity index (χ3v) is 2.54. The Hall–Kier alpha value is -1.57. The number of primary amides is 1. The Morgan fingerprint density at radius 2 is 2.14 bits per heavy atom. The average Bonchev–Trinajstić information content (AvgIpc) is 2.18. The lowest BCUT2D eigenvalue weighted by Crippen LogP contribution is -2.30. The van der Waals surface area contributed by atoms with Gasteiger partial charge in [-0.15, -0.1) is 0 Å². The molecule has 0 aromatic heterocycles. The summed E-state index contributed by atoms with van der Waals surface area (Å²) in [7, 11) is 0. The van der Waals surface area contributed by atoms with E-state index in [0.717, 1.165) is 12.8 Å². The average molecular weight is 187 g/mol. The van der Waals surface area contributed by atoms with Crippen molar-refractivity contribution < 1.29 is 4.79 Å². The second-order valence-electron chi connectivity index (χ2n) is 3.58. The van der Waals surface area contributed by atoms with Crippen molar-refractivity contribution in [1.29, 1.82) is 0 Å². The molecular weight excluding hydrogens is 174 g/mol. The molecule has 0 fully saturated rings. The van der Waals surface area contributed by atoms with Gasteiger partial charge in [-0.3, -0.25) is 4.79 Å². The van der Waals surface area contributed by atoms with Crippen molar-refractivity contribution in [2.24, 2.45) is 5.73 Å². The fraction of sp³-hybridized carbons (Fsp3) is 0.250. The normalized spacial score (nSPS) is 14.4. The monoisotopic (exact) mass is 187 g/mol. The number of hydrogen-bond donors (Lipinski definition) is 1. The molecule has 0 spiro atoms. The summed E-state index contributed by atoms with van der Waals surface area (Å²) in [4.78, 5) is 10.9. The molecule has 1 aromatic carbocycles. The van der Waals surface area contributed by atoms with Gasteiger partial charge in [0.25, 0.3) is 0 Å². The van der Waals surface area contributed by atoms with Crippen molar-refractivity contribution in [2.75, 3.05) is 0 Å². The summed E-state index contributed by atoms with van der Waals surface area (Å²) in [5.41, 5.74) is 6.39. The topological polar surface area (TPSA) is 43.1 Å². The van der Waals surface area contributed by atoms with E-state index in [-0.39, 0.29) is 5.91 Å². The molecule has 1 aliphatic carbocycles. The van der Waals surface area contributed by atoms with E-state index in [1.807, 2.05) is 12.1 Å². The van der Waals surface area contributed by atoms with Gasteiger partial charge in [0.2, 0.25) is 5.91 Å². The highest BCUT2D eigenvalue weighted by Gasteiger charge is 2.06. The van der Waals surface area contributed by atoms with Crippen LogP contribution in [0, 0.1) is 0 Å². The first-order valence-corrected chi connectivity index (χ1v) is 4.83. The van der Waals surface area contributed by atoms with Crippen molar-refractivity contribution in [3.63, 3.8) is 0 Å². The van der Waals surface area contributed by atoms with Crippen LogP contribution in [0.2, 0.25) is 0 Å². The summed E-state index contributed by atoms with van der Waals surface area (Å²) >= 11 is 0. The van der Waals surface area contributed by atoms with Gasteiger partial charge in [-0.2, -0.15) is 0 Å². The van der Waals surface area contributed by atoms with Crippen molar-refractivity contribution >= 4 is 17.6 Å². The first-order chi connectivity index (χ1) is 6.77. The van der Waals surface area contributed by atoms with E-state index >= 15 is 0 Å².